The highest BCUT2D eigenvalue weighted by molar-refractivity contribution is 5.36. The average molecular weight is 927 g/mol. The molecular weight excluding hydrogens is 849 g/mol. The van der Waals surface area contributed by atoms with Gasteiger partial charge in [0, 0.05) is 16.7 Å². The van der Waals surface area contributed by atoms with Gasteiger partial charge >= 0.3 is 0 Å². The normalized spacial score (nSPS) is 58.0. The third-order valence-electron chi connectivity index (χ3n) is 19.9. The molecule has 1 spiro atoms. The Labute approximate surface area is 382 Å². The standard InChI is InChI=1S/C48H78O17/c1-22-30(52)37(64-39-35(57)33(55)31(53)23(19-49)61-39)38(65-40-36(58)34(56)32(54)24(20-50)62-40)41(60-22)63-29-11-12-44(6)25(43(29,4)5)9-13-45(7)26(44)10-14-48-27-17-42(2,3)15-16-47(27,21-59-48)28(51)18-46(45,48)8/h10,14,22-41,49-58H,9,11-13,15-21H2,1-8H3/t22-,23-,24-,25+,26-,27-,28+,29+,30+,31-,32-,33+,34+,35-,36-,37+,38-,39+,40+,41+,44+,45-,46+,47?,48?/m1/s1. The Morgan fingerprint density at radius 1 is 0.600 bits per heavy atom. The van der Waals surface area contributed by atoms with Gasteiger partial charge in [-0.2, -0.15) is 0 Å². The lowest BCUT2D eigenvalue weighted by Gasteiger charge is -2.73. The monoisotopic (exact) mass is 927 g/mol. The lowest BCUT2D eigenvalue weighted by Crippen LogP contribution is -2.72. The van der Waals surface area contributed by atoms with Crippen molar-refractivity contribution in [3.8, 4) is 0 Å². The molecule has 4 saturated heterocycles. The number of allylic oxidation sites excluding steroid dienone is 1. The van der Waals surface area contributed by atoms with Crippen LogP contribution >= 0.6 is 0 Å². The first-order chi connectivity index (χ1) is 30.4. The Morgan fingerprint density at radius 3 is 1.80 bits per heavy atom. The molecule has 17 nitrogen and oxygen atoms in total. The van der Waals surface area contributed by atoms with Crippen LogP contribution in [-0.4, -0.2) is 181 Å². The molecule has 9 aliphatic rings. The van der Waals surface area contributed by atoms with E-state index >= 15 is 0 Å². The fraction of sp³-hybridized carbons (Fsp3) is 0.958. The topological polar surface area (TPSA) is 267 Å². The minimum absolute atomic E-state index is 0.150. The lowest BCUT2D eigenvalue weighted by atomic mass is 9.32. The fourth-order valence-corrected chi connectivity index (χ4v) is 15.7. The Bertz CT molecular complexity index is 1780. The van der Waals surface area contributed by atoms with Crippen LogP contribution in [0.4, 0.5) is 0 Å². The molecular formula is C48H78O17. The Hall–Kier alpha value is -0.940. The molecule has 17 heteroatoms. The smallest absolute Gasteiger partial charge is 0.187 e. The maximum atomic E-state index is 12.2. The van der Waals surface area contributed by atoms with E-state index in [1.54, 1.807) is 6.92 Å². The molecule has 4 heterocycles. The second-order valence-electron chi connectivity index (χ2n) is 23.9. The molecule has 0 amide bonds. The summed E-state index contributed by atoms with van der Waals surface area (Å²) in [4.78, 5) is 0. The van der Waals surface area contributed by atoms with Crippen LogP contribution in [0.3, 0.4) is 0 Å². The number of aliphatic hydroxyl groups is 10. The summed E-state index contributed by atoms with van der Waals surface area (Å²) in [6.07, 6.45) is -12.5. The van der Waals surface area contributed by atoms with E-state index in [0.29, 0.717) is 19.4 Å². The molecule has 10 N–H and O–H groups in total. The summed E-state index contributed by atoms with van der Waals surface area (Å²) >= 11 is 0. The van der Waals surface area contributed by atoms with Crippen LogP contribution in [0.2, 0.25) is 0 Å². The number of hydrogen-bond donors (Lipinski definition) is 10. The summed E-state index contributed by atoms with van der Waals surface area (Å²) in [7, 11) is 0. The van der Waals surface area contributed by atoms with Gasteiger partial charge in [-0.25, -0.2) is 0 Å². The molecule has 0 aromatic carbocycles. The molecule has 4 saturated carbocycles. The van der Waals surface area contributed by atoms with Gasteiger partial charge in [0.2, 0.25) is 0 Å². The molecule has 5 aliphatic carbocycles. The minimum atomic E-state index is -1.84. The third-order valence-corrected chi connectivity index (χ3v) is 19.9. The van der Waals surface area contributed by atoms with Gasteiger partial charge in [0.25, 0.3) is 0 Å². The maximum Gasteiger partial charge on any atom is 0.187 e. The van der Waals surface area contributed by atoms with Crippen molar-refractivity contribution in [2.75, 3.05) is 19.8 Å². The van der Waals surface area contributed by atoms with E-state index in [4.69, 9.17) is 33.2 Å². The fourth-order valence-electron chi connectivity index (χ4n) is 15.7. The van der Waals surface area contributed by atoms with Crippen LogP contribution in [0, 0.1) is 50.2 Å². The summed E-state index contributed by atoms with van der Waals surface area (Å²) in [6, 6.07) is 0. The largest absolute Gasteiger partial charge is 0.394 e. The molecule has 0 radical (unpaired) electrons. The van der Waals surface area contributed by atoms with Crippen molar-refractivity contribution in [3.05, 3.63) is 12.2 Å². The summed E-state index contributed by atoms with van der Waals surface area (Å²) in [5.74, 6) is 0.554. The number of rotatable bonds is 8. The molecule has 8 fully saturated rings. The van der Waals surface area contributed by atoms with Gasteiger partial charge in [0.15, 0.2) is 18.9 Å². The SMILES string of the molecule is C[C@H]1O[C@@H](O[C@H]2CC[C@]3(C)[C@H]4C=CC56OCC7(CCC(C)(C)C[C@H]75)[C@@H](O)C[C@@]6(C)[C@]4(C)CC[C@H]3C2(C)C)[C@H](O[C@@H]2O[C@H](CO)[C@@H](O)[C@H](O)[C@H]2O)[C@@H](O[C@@H]2O[C@H](CO)[C@@H](O)[C@H](O)[C@H]2O)[C@H]1O. The highest BCUT2D eigenvalue weighted by atomic mass is 16.8. The number of ether oxygens (including phenoxy) is 7. The van der Waals surface area contributed by atoms with E-state index in [9.17, 15) is 51.1 Å². The van der Waals surface area contributed by atoms with Gasteiger partial charge in [-0.05, 0) is 91.8 Å². The highest BCUT2D eigenvalue weighted by Gasteiger charge is 2.79. The first kappa shape index (κ1) is 49.1. The molecule has 9 rings (SSSR count). The summed E-state index contributed by atoms with van der Waals surface area (Å²) < 4.78 is 44.6. The van der Waals surface area contributed by atoms with Crippen molar-refractivity contribution < 1.29 is 84.2 Å². The van der Waals surface area contributed by atoms with E-state index in [1.807, 2.05) is 0 Å². The van der Waals surface area contributed by atoms with Crippen LogP contribution in [0.5, 0.6) is 0 Å². The lowest BCUT2D eigenvalue weighted by molar-refractivity contribution is -0.397. The zero-order valence-electron chi connectivity index (χ0n) is 39.3. The van der Waals surface area contributed by atoms with Gasteiger partial charge in [0.1, 0.15) is 67.1 Å². The van der Waals surface area contributed by atoms with Gasteiger partial charge in [-0.3, -0.25) is 0 Å². The molecule has 2 bridgehead atoms. The highest BCUT2D eigenvalue weighted by Crippen LogP contribution is 2.79. The Morgan fingerprint density at radius 2 is 1.20 bits per heavy atom. The van der Waals surface area contributed by atoms with Gasteiger partial charge in [-0.1, -0.05) is 60.6 Å². The first-order valence-corrected chi connectivity index (χ1v) is 24.3. The summed E-state index contributed by atoms with van der Waals surface area (Å²) in [5, 5.41) is 108. The molecule has 2 unspecified atom stereocenters. The van der Waals surface area contributed by atoms with E-state index in [-0.39, 0.29) is 44.8 Å². The van der Waals surface area contributed by atoms with Crippen LogP contribution in [0.15, 0.2) is 12.2 Å². The molecule has 4 aliphatic heterocycles. The number of aliphatic hydroxyl groups excluding tert-OH is 10. The van der Waals surface area contributed by atoms with Gasteiger partial charge in [-0.15, -0.1) is 0 Å². The average Bonchev–Trinajstić information content (AvgIpc) is 3.53. The van der Waals surface area contributed by atoms with Gasteiger partial charge < -0.3 is 84.2 Å². The quantitative estimate of drug-likeness (QED) is 0.118. The molecule has 0 aromatic rings. The van der Waals surface area contributed by atoms with Crippen molar-refractivity contribution in [2.24, 2.45) is 50.2 Å². The van der Waals surface area contributed by atoms with E-state index in [2.05, 4.69) is 60.6 Å². The molecule has 0 aromatic heterocycles. The Balaban J connectivity index is 1.01. The molecule has 372 valence electrons. The van der Waals surface area contributed by atoms with Crippen molar-refractivity contribution in [1.82, 2.24) is 0 Å². The molecule has 25 atom stereocenters. The Kier molecular flexibility index (Phi) is 12.5. The predicted molar refractivity (Wildman–Crippen MR) is 228 cm³/mol. The predicted octanol–water partition coefficient (Wildman–Crippen LogP) is 0.629. The minimum Gasteiger partial charge on any atom is -0.394 e. The maximum absolute atomic E-state index is 12.2. The first-order valence-electron chi connectivity index (χ1n) is 24.3. The zero-order chi connectivity index (χ0) is 47.2. The summed E-state index contributed by atoms with van der Waals surface area (Å²) in [5.41, 5.74) is -1.70. The third kappa shape index (κ3) is 7.02. The second kappa shape index (κ2) is 16.6. The molecule has 65 heavy (non-hydrogen) atoms. The van der Waals surface area contributed by atoms with Crippen molar-refractivity contribution in [3.63, 3.8) is 0 Å². The zero-order valence-corrected chi connectivity index (χ0v) is 39.3. The number of hydrogen-bond acceptors (Lipinski definition) is 17. The summed E-state index contributed by atoms with van der Waals surface area (Å²) in [6.45, 7) is 17.1. The van der Waals surface area contributed by atoms with Crippen LogP contribution in [-0.2, 0) is 33.2 Å². The van der Waals surface area contributed by atoms with Crippen molar-refractivity contribution in [1.29, 1.82) is 0 Å². The van der Waals surface area contributed by atoms with Gasteiger partial charge in [0.05, 0.1) is 43.7 Å². The van der Waals surface area contributed by atoms with E-state index in [1.165, 1.54) is 0 Å². The van der Waals surface area contributed by atoms with Crippen molar-refractivity contribution in [2.45, 2.75) is 217 Å². The van der Waals surface area contributed by atoms with Crippen LogP contribution in [0.1, 0.15) is 107 Å². The van der Waals surface area contributed by atoms with Crippen molar-refractivity contribution >= 4 is 0 Å². The van der Waals surface area contributed by atoms with Crippen LogP contribution < -0.4 is 0 Å². The number of fused-ring (bicyclic) bond motifs is 4. The van der Waals surface area contributed by atoms with E-state index in [0.717, 1.165) is 38.5 Å². The van der Waals surface area contributed by atoms with E-state index < -0.39 is 129 Å². The van der Waals surface area contributed by atoms with Crippen LogP contribution in [0.25, 0.3) is 0 Å². The second-order valence-corrected chi connectivity index (χ2v) is 23.9.